The molecule has 0 saturated carbocycles. The molecule has 1 heterocycles. The Hall–Kier alpha value is -2.99. The number of ketones is 1. The minimum Gasteiger partial charge on any atom is -0.345 e. The first kappa shape index (κ1) is 19.8. The van der Waals surface area contributed by atoms with Gasteiger partial charge in [0, 0.05) is 36.9 Å². The average Bonchev–Trinajstić information content (AvgIpc) is 2.70. The molecule has 1 fully saturated rings. The van der Waals surface area contributed by atoms with Crippen molar-refractivity contribution >= 4 is 23.3 Å². The second-order valence-electron chi connectivity index (χ2n) is 7.10. The summed E-state index contributed by atoms with van der Waals surface area (Å²) in [6.07, 6.45) is 1.62. The number of hydrogen-bond acceptors (Lipinski definition) is 4. The Kier molecular flexibility index (Phi) is 6.55. The van der Waals surface area contributed by atoms with E-state index in [0.717, 1.165) is 32.5 Å². The first-order valence-electron chi connectivity index (χ1n) is 9.50. The molecule has 1 aliphatic rings. The first-order valence-corrected chi connectivity index (χ1v) is 9.50. The molecule has 0 atom stereocenters. The number of likely N-dealkylation sites (tertiary alicyclic amines) is 1. The van der Waals surface area contributed by atoms with Gasteiger partial charge in [0.1, 0.15) is 0 Å². The molecule has 2 N–H and O–H groups in total. The number of carbonyl (C=O) groups excluding carboxylic acids is 3. The quantitative estimate of drug-likeness (QED) is 0.618. The highest BCUT2D eigenvalue weighted by atomic mass is 16.2. The highest BCUT2D eigenvalue weighted by Crippen LogP contribution is 2.14. The van der Waals surface area contributed by atoms with Gasteiger partial charge in [0.15, 0.2) is 5.78 Å². The molecule has 6 nitrogen and oxygen atoms in total. The van der Waals surface area contributed by atoms with Gasteiger partial charge >= 0.3 is 11.8 Å². The van der Waals surface area contributed by atoms with Crippen LogP contribution in [-0.2, 0) is 16.1 Å². The third-order valence-electron chi connectivity index (χ3n) is 4.90. The van der Waals surface area contributed by atoms with E-state index < -0.39 is 11.8 Å². The maximum atomic E-state index is 12.2. The van der Waals surface area contributed by atoms with Gasteiger partial charge in [-0.2, -0.15) is 0 Å². The average molecular weight is 379 g/mol. The van der Waals surface area contributed by atoms with Gasteiger partial charge in [-0.1, -0.05) is 42.5 Å². The van der Waals surface area contributed by atoms with Crippen molar-refractivity contribution in [1.82, 2.24) is 10.2 Å². The topological polar surface area (TPSA) is 78.5 Å². The van der Waals surface area contributed by atoms with E-state index in [1.165, 1.54) is 12.5 Å². The number of hydrogen-bond donors (Lipinski definition) is 2. The van der Waals surface area contributed by atoms with Gasteiger partial charge in [-0.25, -0.2) is 0 Å². The smallest absolute Gasteiger partial charge is 0.313 e. The lowest BCUT2D eigenvalue weighted by molar-refractivity contribution is -0.136. The molecule has 2 aromatic rings. The van der Waals surface area contributed by atoms with E-state index in [2.05, 4.69) is 27.7 Å². The van der Waals surface area contributed by atoms with Crippen molar-refractivity contribution in [3.8, 4) is 0 Å². The monoisotopic (exact) mass is 379 g/mol. The van der Waals surface area contributed by atoms with Crippen LogP contribution in [0.2, 0.25) is 0 Å². The summed E-state index contributed by atoms with van der Waals surface area (Å²) < 4.78 is 0. The van der Waals surface area contributed by atoms with Gasteiger partial charge in [0.25, 0.3) is 0 Å². The Morgan fingerprint density at radius 2 is 1.68 bits per heavy atom. The van der Waals surface area contributed by atoms with Crippen LogP contribution in [0, 0.1) is 0 Å². The number of rotatable bonds is 5. The fourth-order valence-corrected chi connectivity index (χ4v) is 3.33. The number of piperidine rings is 1. The largest absolute Gasteiger partial charge is 0.345 e. The van der Waals surface area contributed by atoms with E-state index in [9.17, 15) is 14.4 Å². The van der Waals surface area contributed by atoms with Crippen LogP contribution in [-0.4, -0.2) is 41.6 Å². The van der Waals surface area contributed by atoms with Crippen molar-refractivity contribution in [3.63, 3.8) is 0 Å². The number of carbonyl (C=O) groups is 3. The fraction of sp³-hybridized carbons (Fsp3) is 0.318. The van der Waals surface area contributed by atoms with Gasteiger partial charge in [0.05, 0.1) is 0 Å². The minimum atomic E-state index is -0.715. The standard InChI is InChI=1S/C22H25N3O3/c1-16(26)18-8-5-9-20(14-18)24-22(28)21(27)23-19-10-12-25(13-11-19)15-17-6-3-2-4-7-17/h2-9,14,19H,10-13,15H2,1H3,(H,23,27)(H,24,28). The highest BCUT2D eigenvalue weighted by molar-refractivity contribution is 6.39. The molecule has 0 bridgehead atoms. The van der Waals surface area contributed by atoms with Crippen molar-refractivity contribution in [3.05, 3.63) is 65.7 Å². The normalized spacial score (nSPS) is 15.0. The Bertz CT molecular complexity index is 843. The molecular formula is C22H25N3O3. The molecule has 2 amide bonds. The van der Waals surface area contributed by atoms with E-state index in [-0.39, 0.29) is 11.8 Å². The zero-order chi connectivity index (χ0) is 19.9. The summed E-state index contributed by atoms with van der Waals surface area (Å²) >= 11 is 0. The summed E-state index contributed by atoms with van der Waals surface area (Å²) in [5.41, 5.74) is 2.20. The summed E-state index contributed by atoms with van der Waals surface area (Å²) in [5, 5.41) is 5.37. The van der Waals surface area contributed by atoms with Crippen LogP contribution in [0.15, 0.2) is 54.6 Å². The van der Waals surface area contributed by atoms with E-state index >= 15 is 0 Å². The zero-order valence-electron chi connectivity index (χ0n) is 16.0. The molecule has 2 aromatic carbocycles. The zero-order valence-corrected chi connectivity index (χ0v) is 16.0. The maximum absolute atomic E-state index is 12.2. The van der Waals surface area contributed by atoms with Crippen LogP contribution in [0.3, 0.4) is 0 Å². The number of nitrogens with one attached hydrogen (secondary N) is 2. The van der Waals surface area contributed by atoms with Crippen LogP contribution in [0.4, 0.5) is 5.69 Å². The molecule has 1 saturated heterocycles. The van der Waals surface area contributed by atoms with Gasteiger partial charge in [0.2, 0.25) is 0 Å². The minimum absolute atomic E-state index is 0.00572. The van der Waals surface area contributed by atoms with Crippen LogP contribution >= 0.6 is 0 Å². The molecule has 0 spiro atoms. The maximum Gasteiger partial charge on any atom is 0.313 e. The van der Waals surface area contributed by atoms with Crippen molar-refractivity contribution in [1.29, 1.82) is 0 Å². The lowest BCUT2D eigenvalue weighted by Crippen LogP contribution is -2.47. The lowest BCUT2D eigenvalue weighted by Gasteiger charge is -2.32. The molecule has 28 heavy (non-hydrogen) atoms. The van der Waals surface area contributed by atoms with Gasteiger partial charge in [-0.3, -0.25) is 19.3 Å². The Labute approximate surface area is 164 Å². The lowest BCUT2D eigenvalue weighted by atomic mass is 10.0. The second kappa shape index (κ2) is 9.28. The number of nitrogens with zero attached hydrogens (tertiary/aromatic N) is 1. The summed E-state index contributed by atoms with van der Waals surface area (Å²) in [4.78, 5) is 38.1. The highest BCUT2D eigenvalue weighted by Gasteiger charge is 2.23. The molecule has 0 unspecified atom stereocenters. The molecule has 146 valence electrons. The van der Waals surface area contributed by atoms with E-state index in [4.69, 9.17) is 0 Å². The summed E-state index contributed by atoms with van der Waals surface area (Å²) in [6.45, 7) is 4.11. The first-order chi connectivity index (χ1) is 13.5. The van der Waals surface area contributed by atoms with Crippen LogP contribution in [0.5, 0.6) is 0 Å². The Morgan fingerprint density at radius 1 is 0.964 bits per heavy atom. The van der Waals surface area contributed by atoms with E-state index in [0.29, 0.717) is 11.3 Å². The summed E-state index contributed by atoms with van der Waals surface area (Å²) in [7, 11) is 0. The van der Waals surface area contributed by atoms with Crippen LogP contribution < -0.4 is 10.6 Å². The number of anilines is 1. The third-order valence-corrected chi connectivity index (χ3v) is 4.90. The number of amides is 2. The number of benzene rings is 2. The van der Waals surface area contributed by atoms with Gasteiger partial charge in [-0.05, 0) is 37.5 Å². The summed E-state index contributed by atoms with van der Waals surface area (Å²) in [5.74, 6) is -1.45. The van der Waals surface area contributed by atoms with Gasteiger partial charge < -0.3 is 10.6 Å². The van der Waals surface area contributed by atoms with Crippen molar-refractivity contribution < 1.29 is 14.4 Å². The molecular weight excluding hydrogens is 354 g/mol. The van der Waals surface area contributed by atoms with Crippen LogP contribution in [0.1, 0.15) is 35.7 Å². The van der Waals surface area contributed by atoms with Crippen molar-refractivity contribution in [2.24, 2.45) is 0 Å². The van der Waals surface area contributed by atoms with Gasteiger partial charge in [-0.15, -0.1) is 0 Å². The predicted octanol–water partition coefficient (Wildman–Crippen LogP) is 2.61. The van der Waals surface area contributed by atoms with Crippen LogP contribution in [0.25, 0.3) is 0 Å². The second-order valence-corrected chi connectivity index (χ2v) is 7.10. The molecule has 6 heteroatoms. The predicted molar refractivity (Wildman–Crippen MR) is 108 cm³/mol. The molecule has 1 aliphatic heterocycles. The summed E-state index contributed by atoms with van der Waals surface area (Å²) in [6, 6.07) is 16.9. The molecule has 0 radical (unpaired) electrons. The molecule has 3 rings (SSSR count). The van der Waals surface area contributed by atoms with Crippen molar-refractivity contribution in [2.45, 2.75) is 32.4 Å². The Morgan fingerprint density at radius 3 is 2.36 bits per heavy atom. The van der Waals surface area contributed by atoms with E-state index in [1.54, 1.807) is 24.3 Å². The SMILES string of the molecule is CC(=O)c1cccc(NC(=O)C(=O)NC2CCN(Cc3ccccc3)CC2)c1. The van der Waals surface area contributed by atoms with Crippen molar-refractivity contribution in [2.75, 3.05) is 18.4 Å². The number of Topliss-reactive ketones (excluding diaryl/α,β-unsaturated/α-hetero) is 1. The molecule has 0 aromatic heterocycles. The third kappa shape index (κ3) is 5.50. The Balaban J connectivity index is 1.45. The van der Waals surface area contributed by atoms with E-state index in [1.807, 2.05) is 18.2 Å². The molecule has 0 aliphatic carbocycles. The fourth-order valence-electron chi connectivity index (χ4n) is 3.33.